The number of hydrogen-bond donors (Lipinski definition) is 4. The highest BCUT2D eigenvalue weighted by molar-refractivity contribution is 7.92. The van der Waals surface area contributed by atoms with Gasteiger partial charge in [0, 0.05) is 17.8 Å². The number of aliphatic hydroxyl groups is 1. The first-order chi connectivity index (χ1) is 14.7. The number of ether oxygens (including phenoxy) is 1. The van der Waals surface area contributed by atoms with Crippen molar-refractivity contribution >= 4 is 27.3 Å². The second-order valence-corrected chi connectivity index (χ2v) is 10.3. The summed E-state index contributed by atoms with van der Waals surface area (Å²) in [5, 5.41) is 21.0. The first-order valence-electron chi connectivity index (χ1n) is 9.93. The van der Waals surface area contributed by atoms with Gasteiger partial charge in [-0.15, -0.1) is 0 Å². The fourth-order valence-corrected chi connectivity index (χ4v) is 3.90. The average Bonchev–Trinajstić information content (AvgIpc) is 2.65. The van der Waals surface area contributed by atoms with E-state index < -0.39 is 27.6 Å². The number of rotatable bonds is 9. The number of β-amino-alcohol motifs (C(OH)–C–C–N with tert-alkyl or cyclic N) is 1. The Labute approximate surface area is 188 Å². The lowest BCUT2D eigenvalue weighted by molar-refractivity contribution is -0.117. The van der Waals surface area contributed by atoms with Crippen LogP contribution in [0.15, 0.2) is 36.4 Å². The largest absolute Gasteiger partial charge is 0.506 e. The molecule has 10 heteroatoms. The Morgan fingerprint density at radius 2 is 1.88 bits per heavy atom. The van der Waals surface area contributed by atoms with Crippen LogP contribution in [0, 0.1) is 0 Å². The van der Waals surface area contributed by atoms with Gasteiger partial charge in [-0.25, -0.2) is 8.42 Å². The lowest BCUT2D eigenvalue weighted by atomic mass is 9.98. The van der Waals surface area contributed by atoms with Gasteiger partial charge in [0.2, 0.25) is 15.9 Å². The fraction of sp³-hybridized carbons (Fsp3) is 0.409. The van der Waals surface area contributed by atoms with Crippen LogP contribution in [0.25, 0.3) is 0 Å². The van der Waals surface area contributed by atoms with Gasteiger partial charge < -0.3 is 25.6 Å². The summed E-state index contributed by atoms with van der Waals surface area (Å²) < 4.78 is 30.6. The average molecular weight is 466 g/mol. The molecular weight excluding hydrogens is 434 g/mol. The van der Waals surface area contributed by atoms with E-state index in [2.05, 4.69) is 4.72 Å². The van der Waals surface area contributed by atoms with Crippen molar-refractivity contribution in [2.75, 3.05) is 29.5 Å². The van der Waals surface area contributed by atoms with Gasteiger partial charge in [0.25, 0.3) is 0 Å². The van der Waals surface area contributed by atoms with Crippen LogP contribution in [-0.2, 0) is 21.2 Å². The van der Waals surface area contributed by atoms with Crippen LogP contribution in [0.4, 0.5) is 11.4 Å². The summed E-state index contributed by atoms with van der Waals surface area (Å²) in [5.74, 6) is -0.170. The Balaban J connectivity index is 2.45. The molecule has 1 amide bonds. The molecule has 2 aromatic rings. The number of nitrogens with zero attached hydrogens (tertiary/aromatic N) is 1. The number of carbonyl (C=O) groups excluding carboxylic acids is 1. The Hall–Kier alpha value is -2.98. The van der Waals surface area contributed by atoms with E-state index in [0.717, 1.165) is 6.26 Å². The van der Waals surface area contributed by atoms with E-state index in [-0.39, 0.29) is 24.4 Å². The maximum absolute atomic E-state index is 11.7. The van der Waals surface area contributed by atoms with Crippen LogP contribution in [-0.4, -0.2) is 50.0 Å². The predicted octanol–water partition coefficient (Wildman–Crippen LogP) is 2.14. The number of primary amides is 1. The zero-order valence-corrected chi connectivity index (χ0v) is 19.7. The van der Waals surface area contributed by atoms with Gasteiger partial charge in [-0.2, -0.15) is 0 Å². The van der Waals surface area contributed by atoms with Crippen molar-refractivity contribution < 1.29 is 28.2 Å². The minimum absolute atomic E-state index is 0.00313. The summed E-state index contributed by atoms with van der Waals surface area (Å²) in [6, 6.07) is 9.54. The molecule has 0 aliphatic carbocycles. The number of amides is 1. The van der Waals surface area contributed by atoms with E-state index in [4.69, 9.17) is 10.5 Å². The minimum atomic E-state index is -3.61. The summed E-state index contributed by atoms with van der Waals surface area (Å²) in [7, 11) is -2.08. The number of benzene rings is 2. The minimum Gasteiger partial charge on any atom is -0.506 e. The SMILES string of the molecule is COc1ccc(N(CC(O)c2ccc(O)c(NS(C)(=O)=O)c2)C(C)(C)C)c(CC(N)=O)c1. The highest BCUT2D eigenvalue weighted by atomic mass is 32.2. The number of phenolic OH excluding ortho intramolecular Hbond substituents is 1. The van der Waals surface area contributed by atoms with Crippen LogP contribution in [0.1, 0.15) is 38.0 Å². The lowest BCUT2D eigenvalue weighted by Crippen LogP contribution is -2.44. The molecule has 9 nitrogen and oxygen atoms in total. The van der Waals surface area contributed by atoms with Crippen LogP contribution in [0.2, 0.25) is 0 Å². The van der Waals surface area contributed by atoms with E-state index >= 15 is 0 Å². The van der Waals surface area contributed by atoms with Crippen LogP contribution in [0.3, 0.4) is 0 Å². The third kappa shape index (κ3) is 6.76. The first kappa shape index (κ1) is 25.3. The zero-order valence-electron chi connectivity index (χ0n) is 18.9. The molecule has 0 aliphatic heterocycles. The third-order valence-corrected chi connectivity index (χ3v) is 5.40. The Bertz CT molecular complexity index is 1080. The zero-order chi connectivity index (χ0) is 24.3. The maximum Gasteiger partial charge on any atom is 0.229 e. The van der Waals surface area contributed by atoms with Crippen molar-refractivity contribution in [2.45, 2.75) is 38.8 Å². The second-order valence-electron chi connectivity index (χ2n) is 8.59. The molecule has 0 bridgehead atoms. The quantitative estimate of drug-likeness (QED) is 0.416. The normalized spacial score (nSPS) is 12.8. The Kier molecular flexibility index (Phi) is 7.63. The van der Waals surface area contributed by atoms with E-state index in [1.807, 2.05) is 31.7 Å². The fourth-order valence-electron chi connectivity index (χ4n) is 3.34. The number of aliphatic hydroxyl groups excluding tert-OH is 1. The van der Waals surface area contributed by atoms with Crippen molar-refractivity contribution in [1.29, 1.82) is 0 Å². The van der Waals surface area contributed by atoms with Gasteiger partial charge in [0.15, 0.2) is 0 Å². The third-order valence-electron chi connectivity index (χ3n) is 4.81. The van der Waals surface area contributed by atoms with Crippen molar-refractivity contribution in [1.82, 2.24) is 0 Å². The molecule has 176 valence electrons. The Morgan fingerprint density at radius 1 is 1.22 bits per heavy atom. The number of phenols is 1. The van der Waals surface area contributed by atoms with Gasteiger partial charge in [-0.1, -0.05) is 6.07 Å². The molecule has 0 heterocycles. The molecule has 0 radical (unpaired) electrons. The second kappa shape index (κ2) is 9.66. The van der Waals surface area contributed by atoms with E-state index in [1.165, 1.54) is 25.3 Å². The van der Waals surface area contributed by atoms with Crippen LogP contribution >= 0.6 is 0 Å². The van der Waals surface area contributed by atoms with Gasteiger partial charge in [0.1, 0.15) is 11.5 Å². The molecule has 1 unspecified atom stereocenters. The number of carbonyl (C=O) groups is 1. The van der Waals surface area contributed by atoms with E-state index in [0.29, 0.717) is 22.6 Å². The number of aromatic hydroxyl groups is 1. The van der Waals surface area contributed by atoms with Crippen LogP contribution in [0.5, 0.6) is 11.5 Å². The molecule has 0 aliphatic rings. The highest BCUT2D eigenvalue weighted by Gasteiger charge is 2.27. The number of nitrogens with one attached hydrogen (secondary N) is 1. The molecule has 0 fully saturated rings. The van der Waals surface area contributed by atoms with E-state index in [9.17, 15) is 23.4 Å². The number of sulfonamides is 1. The van der Waals surface area contributed by atoms with Gasteiger partial charge in [0.05, 0.1) is 31.6 Å². The van der Waals surface area contributed by atoms with E-state index in [1.54, 1.807) is 12.1 Å². The number of anilines is 2. The molecule has 0 saturated carbocycles. The lowest BCUT2D eigenvalue weighted by Gasteiger charge is -2.40. The summed E-state index contributed by atoms with van der Waals surface area (Å²) in [5.41, 5.74) is 6.74. The number of methoxy groups -OCH3 is 1. The first-order valence-corrected chi connectivity index (χ1v) is 11.8. The number of hydrogen-bond acceptors (Lipinski definition) is 7. The highest BCUT2D eigenvalue weighted by Crippen LogP contribution is 2.34. The van der Waals surface area contributed by atoms with Crippen molar-refractivity contribution in [2.24, 2.45) is 5.73 Å². The topological polar surface area (TPSA) is 142 Å². The smallest absolute Gasteiger partial charge is 0.229 e. The molecule has 1 atom stereocenters. The standard InChI is InChI=1S/C22H31N3O6S/c1-22(2,3)25(18-8-7-16(31-4)10-15(18)12-21(23)28)13-20(27)14-6-9-19(26)17(11-14)24-32(5,29)30/h6-11,20,24,26-27H,12-13H2,1-5H3,(H2,23,28). The van der Waals surface area contributed by atoms with Gasteiger partial charge in [-0.05, 0) is 62.2 Å². The molecule has 0 saturated heterocycles. The Morgan fingerprint density at radius 3 is 2.41 bits per heavy atom. The van der Waals surface area contributed by atoms with Crippen LogP contribution < -0.4 is 20.1 Å². The molecule has 5 N–H and O–H groups in total. The molecular formula is C22H31N3O6S. The van der Waals surface area contributed by atoms with Crippen molar-refractivity contribution in [3.05, 3.63) is 47.5 Å². The molecule has 0 spiro atoms. The van der Waals surface area contributed by atoms with Gasteiger partial charge >= 0.3 is 0 Å². The van der Waals surface area contributed by atoms with Crippen molar-refractivity contribution in [3.63, 3.8) is 0 Å². The predicted molar refractivity (Wildman–Crippen MR) is 125 cm³/mol. The molecule has 0 aromatic heterocycles. The molecule has 2 rings (SSSR count). The summed E-state index contributed by atoms with van der Waals surface area (Å²) in [4.78, 5) is 13.6. The molecule has 32 heavy (non-hydrogen) atoms. The molecule has 2 aromatic carbocycles. The van der Waals surface area contributed by atoms with Crippen molar-refractivity contribution in [3.8, 4) is 11.5 Å². The summed E-state index contributed by atoms with van der Waals surface area (Å²) in [6.07, 6.45) is -0.0593. The monoisotopic (exact) mass is 465 g/mol. The maximum atomic E-state index is 11.7. The number of nitrogens with two attached hydrogens (primary N) is 1. The van der Waals surface area contributed by atoms with Gasteiger partial charge in [-0.3, -0.25) is 9.52 Å². The summed E-state index contributed by atoms with van der Waals surface area (Å²) >= 11 is 0. The summed E-state index contributed by atoms with van der Waals surface area (Å²) in [6.45, 7) is 6.02.